The van der Waals surface area contributed by atoms with E-state index in [0.29, 0.717) is 10.8 Å². The van der Waals surface area contributed by atoms with Crippen molar-refractivity contribution in [1.29, 1.82) is 0 Å². The summed E-state index contributed by atoms with van der Waals surface area (Å²) in [5, 5.41) is 3.69. The summed E-state index contributed by atoms with van der Waals surface area (Å²) in [4.78, 5) is 2.71. The van der Waals surface area contributed by atoms with E-state index in [4.69, 9.17) is 0 Å². The summed E-state index contributed by atoms with van der Waals surface area (Å²) < 4.78 is 0. The van der Waals surface area contributed by atoms with E-state index < -0.39 is 0 Å². The second-order valence-electron chi connectivity index (χ2n) is 8.53. The summed E-state index contributed by atoms with van der Waals surface area (Å²) in [6, 6.07) is 0. The molecule has 0 aliphatic carbocycles. The van der Waals surface area contributed by atoms with Crippen molar-refractivity contribution in [3.63, 3.8) is 0 Å². The van der Waals surface area contributed by atoms with Crippen molar-refractivity contribution in [2.75, 3.05) is 32.7 Å². The normalized spacial score (nSPS) is 22.9. The van der Waals surface area contributed by atoms with Crippen molar-refractivity contribution < 1.29 is 0 Å². The third-order valence-corrected chi connectivity index (χ3v) is 4.77. The van der Waals surface area contributed by atoms with Crippen molar-refractivity contribution in [1.82, 2.24) is 10.2 Å². The van der Waals surface area contributed by atoms with Crippen LogP contribution in [0.5, 0.6) is 0 Å². The molecule has 1 aliphatic heterocycles. The lowest BCUT2D eigenvalue weighted by Gasteiger charge is -2.42. The molecular weight excluding hydrogens is 244 g/mol. The van der Waals surface area contributed by atoms with Crippen LogP contribution in [0.1, 0.15) is 67.2 Å². The highest BCUT2D eigenvalue weighted by Crippen LogP contribution is 2.32. The van der Waals surface area contributed by atoms with Crippen LogP contribution >= 0.6 is 0 Å². The maximum Gasteiger partial charge on any atom is 0.00475 e. The van der Waals surface area contributed by atoms with Crippen molar-refractivity contribution >= 4 is 0 Å². The number of hydrogen-bond donors (Lipinski definition) is 1. The Bertz CT molecular complexity index is 263. The maximum absolute atomic E-state index is 3.69. The van der Waals surface area contributed by atoms with E-state index in [9.17, 15) is 0 Å². The second-order valence-corrected chi connectivity index (χ2v) is 8.53. The molecule has 0 aromatic heterocycles. The smallest absolute Gasteiger partial charge is 0.00475 e. The molecule has 0 radical (unpaired) electrons. The molecule has 0 aromatic carbocycles. The lowest BCUT2D eigenvalue weighted by molar-refractivity contribution is 0.0832. The van der Waals surface area contributed by atoms with E-state index in [1.54, 1.807) is 0 Å². The molecule has 0 saturated carbocycles. The molecule has 1 rings (SSSR count). The number of nitrogens with zero attached hydrogens (tertiary/aromatic N) is 1. The molecule has 0 bridgehead atoms. The summed E-state index contributed by atoms with van der Waals surface area (Å²) in [6.45, 7) is 20.4. The maximum atomic E-state index is 3.69. The number of piperidine rings is 1. The first-order valence-corrected chi connectivity index (χ1v) is 8.69. The molecule has 2 nitrogen and oxygen atoms in total. The molecule has 1 saturated heterocycles. The third kappa shape index (κ3) is 6.58. The molecule has 0 amide bonds. The van der Waals surface area contributed by atoms with Crippen LogP contribution in [0.25, 0.3) is 0 Å². The quantitative estimate of drug-likeness (QED) is 0.719. The van der Waals surface area contributed by atoms with Crippen LogP contribution in [-0.4, -0.2) is 37.6 Å². The lowest BCUT2D eigenvalue weighted by atomic mass is 9.80. The fourth-order valence-corrected chi connectivity index (χ4v) is 3.35. The standard InChI is InChI=1S/C18H38N2/c1-7-8-18(6,14-19-13-16(2)3)15-20-11-9-17(4,5)10-12-20/h16,19H,7-15H2,1-6H3. The molecule has 1 atom stereocenters. The van der Waals surface area contributed by atoms with Crippen molar-refractivity contribution in [3.05, 3.63) is 0 Å². The van der Waals surface area contributed by atoms with Crippen LogP contribution in [0.2, 0.25) is 0 Å². The first kappa shape index (κ1) is 18.0. The molecule has 1 heterocycles. The molecule has 2 heteroatoms. The van der Waals surface area contributed by atoms with Gasteiger partial charge in [-0.25, -0.2) is 0 Å². The SMILES string of the molecule is CCCC(C)(CNCC(C)C)CN1CCC(C)(C)CC1. The van der Waals surface area contributed by atoms with Gasteiger partial charge in [0.15, 0.2) is 0 Å². The molecule has 20 heavy (non-hydrogen) atoms. The molecule has 0 aromatic rings. The fourth-order valence-electron chi connectivity index (χ4n) is 3.35. The number of rotatable bonds is 8. The van der Waals surface area contributed by atoms with Gasteiger partial charge in [-0.05, 0) is 55.6 Å². The minimum absolute atomic E-state index is 0.436. The van der Waals surface area contributed by atoms with Gasteiger partial charge in [0.05, 0.1) is 0 Å². The Morgan fingerprint density at radius 1 is 1.20 bits per heavy atom. The zero-order valence-electron chi connectivity index (χ0n) is 14.9. The average Bonchev–Trinajstić information content (AvgIpc) is 2.32. The summed E-state index contributed by atoms with van der Waals surface area (Å²) in [5.74, 6) is 0.747. The summed E-state index contributed by atoms with van der Waals surface area (Å²) in [5.41, 5.74) is 0.999. The fraction of sp³-hybridized carbons (Fsp3) is 1.00. The van der Waals surface area contributed by atoms with Crippen molar-refractivity contribution in [3.8, 4) is 0 Å². The van der Waals surface area contributed by atoms with E-state index in [-0.39, 0.29) is 0 Å². The number of nitrogens with one attached hydrogen (secondary N) is 1. The van der Waals surface area contributed by atoms with Gasteiger partial charge in [-0.1, -0.05) is 48.0 Å². The molecule has 1 fully saturated rings. The Hall–Kier alpha value is -0.0800. The molecule has 1 unspecified atom stereocenters. The van der Waals surface area contributed by atoms with Gasteiger partial charge < -0.3 is 10.2 Å². The molecule has 1 N–H and O–H groups in total. The van der Waals surface area contributed by atoms with E-state index in [2.05, 4.69) is 51.8 Å². The van der Waals surface area contributed by atoms with E-state index in [1.807, 2.05) is 0 Å². The highest BCUT2D eigenvalue weighted by Gasteiger charge is 2.30. The Morgan fingerprint density at radius 3 is 2.30 bits per heavy atom. The molecular formula is C18H38N2. The Labute approximate surface area is 127 Å². The summed E-state index contributed by atoms with van der Waals surface area (Å²) >= 11 is 0. The minimum Gasteiger partial charge on any atom is -0.316 e. The van der Waals surface area contributed by atoms with Crippen LogP contribution in [0.4, 0.5) is 0 Å². The van der Waals surface area contributed by atoms with Gasteiger partial charge >= 0.3 is 0 Å². The van der Waals surface area contributed by atoms with Crippen LogP contribution in [0.15, 0.2) is 0 Å². The Balaban J connectivity index is 2.44. The minimum atomic E-state index is 0.436. The molecule has 0 spiro atoms. The molecule has 1 aliphatic rings. The van der Waals surface area contributed by atoms with Crippen LogP contribution in [0, 0.1) is 16.7 Å². The van der Waals surface area contributed by atoms with Gasteiger partial charge in [0.2, 0.25) is 0 Å². The first-order valence-electron chi connectivity index (χ1n) is 8.69. The average molecular weight is 283 g/mol. The van der Waals surface area contributed by atoms with Crippen LogP contribution in [0.3, 0.4) is 0 Å². The van der Waals surface area contributed by atoms with E-state index in [0.717, 1.165) is 12.5 Å². The predicted octanol–water partition coefficient (Wildman–Crippen LogP) is 4.16. The van der Waals surface area contributed by atoms with Crippen molar-refractivity contribution in [2.24, 2.45) is 16.7 Å². The zero-order valence-corrected chi connectivity index (χ0v) is 14.9. The second kappa shape index (κ2) is 7.79. The number of hydrogen-bond acceptors (Lipinski definition) is 2. The van der Waals surface area contributed by atoms with Crippen molar-refractivity contribution in [2.45, 2.75) is 67.2 Å². The van der Waals surface area contributed by atoms with E-state index >= 15 is 0 Å². The van der Waals surface area contributed by atoms with Gasteiger partial charge in [-0.3, -0.25) is 0 Å². The van der Waals surface area contributed by atoms with Gasteiger partial charge in [0.25, 0.3) is 0 Å². The largest absolute Gasteiger partial charge is 0.316 e. The Kier molecular flexibility index (Phi) is 7.00. The van der Waals surface area contributed by atoms with Gasteiger partial charge in [-0.15, -0.1) is 0 Å². The highest BCUT2D eigenvalue weighted by atomic mass is 15.1. The number of likely N-dealkylation sites (tertiary alicyclic amines) is 1. The monoisotopic (exact) mass is 282 g/mol. The topological polar surface area (TPSA) is 15.3 Å². The van der Waals surface area contributed by atoms with E-state index in [1.165, 1.54) is 51.9 Å². The summed E-state index contributed by atoms with van der Waals surface area (Å²) in [6.07, 6.45) is 5.33. The van der Waals surface area contributed by atoms with Crippen LogP contribution in [-0.2, 0) is 0 Å². The third-order valence-electron chi connectivity index (χ3n) is 4.77. The van der Waals surface area contributed by atoms with Crippen LogP contribution < -0.4 is 5.32 Å². The first-order chi connectivity index (χ1) is 9.26. The summed E-state index contributed by atoms with van der Waals surface area (Å²) in [7, 11) is 0. The molecule has 120 valence electrons. The van der Waals surface area contributed by atoms with Gasteiger partial charge in [0.1, 0.15) is 0 Å². The zero-order chi connectivity index (χ0) is 15.2. The predicted molar refractivity (Wildman–Crippen MR) is 90.2 cm³/mol. The van der Waals surface area contributed by atoms with Gasteiger partial charge in [0, 0.05) is 13.1 Å². The highest BCUT2D eigenvalue weighted by molar-refractivity contribution is 4.85. The lowest BCUT2D eigenvalue weighted by Crippen LogP contribution is -2.46. The van der Waals surface area contributed by atoms with Gasteiger partial charge in [-0.2, -0.15) is 0 Å². The Morgan fingerprint density at radius 2 is 1.80 bits per heavy atom.